The summed E-state index contributed by atoms with van der Waals surface area (Å²) in [7, 11) is 0. The summed E-state index contributed by atoms with van der Waals surface area (Å²) in [6.07, 6.45) is -9.37. The van der Waals surface area contributed by atoms with Crippen molar-refractivity contribution < 1.29 is 31.1 Å². The van der Waals surface area contributed by atoms with Crippen molar-refractivity contribution in [1.82, 2.24) is 4.90 Å². The molecule has 0 amide bonds. The van der Waals surface area contributed by atoms with Crippen LogP contribution in [-0.2, 0) is 23.7 Å². The number of halogens is 6. The fourth-order valence-corrected chi connectivity index (χ4v) is 3.81. The zero-order valence-electron chi connectivity index (χ0n) is 16.4. The Bertz CT molecular complexity index is 802. The van der Waals surface area contributed by atoms with Crippen LogP contribution in [0.2, 0.25) is 0 Å². The number of piperidine rings is 1. The lowest BCUT2D eigenvalue weighted by Gasteiger charge is -2.38. The van der Waals surface area contributed by atoms with Crippen molar-refractivity contribution in [3.63, 3.8) is 0 Å². The number of hydrogen-bond donors (Lipinski definition) is 0. The lowest BCUT2D eigenvalue weighted by Crippen LogP contribution is -2.42. The first kappa shape index (κ1) is 22.6. The first-order valence-corrected chi connectivity index (χ1v) is 9.75. The molecular formula is C22H23F6NO. The second-order valence-corrected chi connectivity index (χ2v) is 7.46. The Hall–Kier alpha value is -2.06. The van der Waals surface area contributed by atoms with Gasteiger partial charge in [-0.1, -0.05) is 37.3 Å². The Labute approximate surface area is 171 Å². The second kappa shape index (κ2) is 8.98. The SMILES string of the molecule is CCN1CC[C@@H](OCc2cc(C(F)(F)F)cc(C(F)(F)F)c2)[C@@H](c2ccccc2)C1. The van der Waals surface area contributed by atoms with Crippen molar-refractivity contribution in [1.29, 1.82) is 0 Å². The molecular weight excluding hydrogens is 408 g/mol. The quantitative estimate of drug-likeness (QED) is 0.529. The number of likely N-dealkylation sites (N-methyl/N-ethyl adjacent to an activating group) is 1. The van der Waals surface area contributed by atoms with E-state index < -0.39 is 23.5 Å². The molecule has 0 N–H and O–H groups in total. The molecule has 1 aliphatic rings. The molecule has 0 spiro atoms. The molecule has 0 aromatic heterocycles. The highest BCUT2D eigenvalue weighted by atomic mass is 19.4. The maximum absolute atomic E-state index is 13.1. The predicted octanol–water partition coefficient (Wildman–Crippen LogP) is 6.12. The van der Waals surface area contributed by atoms with Crippen LogP contribution in [0, 0.1) is 0 Å². The first-order valence-electron chi connectivity index (χ1n) is 9.75. The fraction of sp³-hybridized carbons (Fsp3) is 0.455. The average Bonchev–Trinajstić information content (AvgIpc) is 2.71. The zero-order chi connectivity index (χ0) is 21.9. The molecule has 0 radical (unpaired) electrons. The van der Waals surface area contributed by atoms with Crippen LogP contribution in [0.25, 0.3) is 0 Å². The Balaban J connectivity index is 1.82. The van der Waals surface area contributed by atoms with Crippen LogP contribution in [0.3, 0.4) is 0 Å². The van der Waals surface area contributed by atoms with Gasteiger partial charge < -0.3 is 9.64 Å². The number of rotatable bonds is 5. The highest BCUT2D eigenvalue weighted by molar-refractivity contribution is 5.33. The van der Waals surface area contributed by atoms with Gasteiger partial charge in [0.25, 0.3) is 0 Å². The van der Waals surface area contributed by atoms with E-state index in [0.717, 1.165) is 37.3 Å². The topological polar surface area (TPSA) is 12.5 Å². The Kier molecular flexibility index (Phi) is 6.77. The van der Waals surface area contributed by atoms with Gasteiger partial charge in [0.05, 0.1) is 23.8 Å². The van der Waals surface area contributed by atoms with E-state index in [1.54, 1.807) is 0 Å². The molecule has 2 aromatic carbocycles. The van der Waals surface area contributed by atoms with E-state index in [-0.39, 0.29) is 30.3 Å². The van der Waals surface area contributed by atoms with E-state index in [4.69, 9.17) is 4.74 Å². The Morgan fingerprint density at radius 3 is 2.07 bits per heavy atom. The van der Waals surface area contributed by atoms with Gasteiger partial charge in [0.2, 0.25) is 0 Å². The van der Waals surface area contributed by atoms with Crippen LogP contribution in [0.1, 0.15) is 41.5 Å². The third-order valence-electron chi connectivity index (χ3n) is 5.42. The molecule has 1 aliphatic heterocycles. The molecule has 0 bridgehead atoms. The largest absolute Gasteiger partial charge is 0.416 e. The summed E-state index contributed by atoms with van der Waals surface area (Å²) in [6, 6.07) is 11.2. The summed E-state index contributed by atoms with van der Waals surface area (Å²) in [5.41, 5.74) is -1.74. The minimum absolute atomic E-state index is 0.00668. The molecule has 2 nitrogen and oxygen atoms in total. The number of likely N-dealkylation sites (tertiary alicyclic amines) is 1. The minimum Gasteiger partial charge on any atom is -0.373 e. The van der Waals surface area contributed by atoms with Gasteiger partial charge in [-0.3, -0.25) is 0 Å². The van der Waals surface area contributed by atoms with Crippen LogP contribution < -0.4 is 0 Å². The highest BCUT2D eigenvalue weighted by Gasteiger charge is 2.37. The Morgan fingerprint density at radius 1 is 0.933 bits per heavy atom. The van der Waals surface area contributed by atoms with E-state index in [1.807, 2.05) is 37.3 Å². The van der Waals surface area contributed by atoms with Crippen LogP contribution in [0.4, 0.5) is 26.3 Å². The van der Waals surface area contributed by atoms with Crippen LogP contribution in [0.15, 0.2) is 48.5 Å². The monoisotopic (exact) mass is 431 g/mol. The third-order valence-corrected chi connectivity index (χ3v) is 5.42. The lowest BCUT2D eigenvalue weighted by atomic mass is 9.88. The molecule has 1 heterocycles. The van der Waals surface area contributed by atoms with Crippen molar-refractivity contribution in [3.05, 3.63) is 70.8 Å². The van der Waals surface area contributed by atoms with E-state index in [1.165, 1.54) is 0 Å². The molecule has 2 atom stereocenters. The lowest BCUT2D eigenvalue weighted by molar-refractivity contribution is -0.143. The van der Waals surface area contributed by atoms with E-state index in [9.17, 15) is 26.3 Å². The molecule has 0 unspecified atom stereocenters. The number of ether oxygens (including phenoxy) is 1. The minimum atomic E-state index is -4.87. The molecule has 0 aliphatic carbocycles. The fourth-order valence-electron chi connectivity index (χ4n) is 3.81. The van der Waals surface area contributed by atoms with Crippen molar-refractivity contribution in [2.24, 2.45) is 0 Å². The summed E-state index contributed by atoms with van der Waals surface area (Å²) in [5, 5.41) is 0. The summed E-state index contributed by atoms with van der Waals surface area (Å²) < 4.78 is 84.4. The Morgan fingerprint density at radius 2 is 1.53 bits per heavy atom. The third kappa shape index (κ3) is 5.55. The summed E-state index contributed by atoms with van der Waals surface area (Å²) >= 11 is 0. The number of nitrogens with zero attached hydrogens (tertiary/aromatic N) is 1. The van der Waals surface area contributed by atoms with Gasteiger partial charge in [0.15, 0.2) is 0 Å². The van der Waals surface area contributed by atoms with Gasteiger partial charge >= 0.3 is 12.4 Å². The van der Waals surface area contributed by atoms with Crippen molar-refractivity contribution in [3.8, 4) is 0 Å². The molecule has 0 saturated carbocycles. The van der Waals surface area contributed by atoms with Gasteiger partial charge in [-0.25, -0.2) is 0 Å². The van der Waals surface area contributed by atoms with Crippen LogP contribution in [0.5, 0.6) is 0 Å². The van der Waals surface area contributed by atoms with Crippen LogP contribution >= 0.6 is 0 Å². The van der Waals surface area contributed by atoms with Gasteiger partial charge in [0, 0.05) is 19.0 Å². The average molecular weight is 431 g/mol. The highest BCUT2D eigenvalue weighted by Crippen LogP contribution is 2.37. The standard InChI is InChI=1S/C22H23F6NO/c1-2-29-9-8-20(19(13-29)16-6-4-3-5-7-16)30-14-15-10-17(21(23,24)25)12-18(11-15)22(26,27)28/h3-7,10-12,19-20H,2,8-9,13-14H2,1H3/t19-,20-/m1/s1. The molecule has 2 aromatic rings. The number of alkyl halides is 6. The van der Waals surface area contributed by atoms with E-state index in [2.05, 4.69) is 4.90 Å². The number of benzene rings is 2. The summed E-state index contributed by atoms with van der Waals surface area (Å²) in [6.45, 7) is 4.08. The molecule has 30 heavy (non-hydrogen) atoms. The van der Waals surface area contributed by atoms with Gasteiger partial charge in [-0.2, -0.15) is 26.3 Å². The molecule has 1 fully saturated rings. The molecule has 3 rings (SSSR count). The maximum atomic E-state index is 13.1. The van der Waals surface area contributed by atoms with Crippen LogP contribution in [-0.4, -0.2) is 30.6 Å². The van der Waals surface area contributed by atoms with Gasteiger partial charge in [-0.15, -0.1) is 0 Å². The van der Waals surface area contributed by atoms with Crippen molar-refractivity contribution >= 4 is 0 Å². The maximum Gasteiger partial charge on any atom is 0.416 e. The second-order valence-electron chi connectivity index (χ2n) is 7.46. The molecule has 1 saturated heterocycles. The number of hydrogen-bond acceptors (Lipinski definition) is 2. The zero-order valence-corrected chi connectivity index (χ0v) is 16.4. The predicted molar refractivity (Wildman–Crippen MR) is 101 cm³/mol. The normalized spacial score (nSPS) is 21.0. The molecule has 164 valence electrons. The summed E-state index contributed by atoms with van der Waals surface area (Å²) in [4.78, 5) is 2.25. The van der Waals surface area contributed by atoms with Gasteiger partial charge in [0.1, 0.15) is 0 Å². The molecule has 8 heteroatoms. The first-order chi connectivity index (χ1) is 14.1. The van der Waals surface area contributed by atoms with Crippen molar-refractivity contribution in [2.45, 2.75) is 44.3 Å². The smallest absolute Gasteiger partial charge is 0.373 e. The van der Waals surface area contributed by atoms with Gasteiger partial charge in [-0.05, 0) is 42.3 Å². The van der Waals surface area contributed by atoms with Crippen molar-refractivity contribution in [2.75, 3.05) is 19.6 Å². The van der Waals surface area contributed by atoms with E-state index >= 15 is 0 Å². The van der Waals surface area contributed by atoms with E-state index in [0.29, 0.717) is 6.42 Å². The summed E-state index contributed by atoms with van der Waals surface area (Å²) in [5.74, 6) is -0.00668.